The first-order chi connectivity index (χ1) is 7.14. The highest BCUT2D eigenvalue weighted by atomic mass is 35.5. The summed E-state index contributed by atoms with van der Waals surface area (Å²) in [6.07, 6.45) is 0. The predicted octanol–water partition coefficient (Wildman–Crippen LogP) is 3.21. The Morgan fingerprint density at radius 1 is 0.875 bits per heavy atom. The average Bonchev–Trinajstić information content (AvgIpc) is 2.14. The molecule has 0 fully saturated rings. The van der Waals surface area contributed by atoms with Crippen LogP contribution in [0.4, 0.5) is 5.95 Å². The summed E-state index contributed by atoms with van der Waals surface area (Å²) in [7, 11) is 1.66. The van der Waals surface area contributed by atoms with Crippen LogP contribution in [0.5, 0.6) is 0 Å². The SMILES string of the molecule is CNc1nc(C(C)(Cl)Cl)nc(C(C)(Cl)Cl)n1. The van der Waals surface area contributed by atoms with Crippen LogP contribution in [0.25, 0.3) is 0 Å². The highest BCUT2D eigenvalue weighted by molar-refractivity contribution is 6.48. The number of rotatable bonds is 3. The minimum atomic E-state index is -1.23. The maximum atomic E-state index is 5.91. The molecular weight excluding hydrogens is 294 g/mol. The fourth-order valence-corrected chi connectivity index (χ4v) is 1.22. The Labute approximate surface area is 114 Å². The van der Waals surface area contributed by atoms with Crippen LogP contribution in [-0.2, 0) is 8.67 Å². The summed E-state index contributed by atoms with van der Waals surface area (Å²) < 4.78 is -2.47. The maximum Gasteiger partial charge on any atom is 0.226 e. The molecule has 8 heteroatoms. The van der Waals surface area contributed by atoms with Gasteiger partial charge in [-0.15, -0.1) is 0 Å². The van der Waals surface area contributed by atoms with Crippen molar-refractivity contribution in [3.05, 3.63) is 11.6 Å². The lowest BCUT2D eigenvalue weighted by atomic mass is 10.4. The molecule has 1 aromatic rings. The minimum Gasteiger partial charge on any atom is -0.357 e. The molecule has 0 aromatic carbocycles. The lowest BCUT2D eigenvalue weighted by Gasteiger charge is -2.17. The second-order valence-electron chi connectivity index (χ2n) is 3.33. The Kier molecular flexibility index (Phi) is 4.11. The molecule has 0 saturated carbocycles. The summed E-state index contributed by atoms with van der Waals surface area (Å²) in [6, 6.07) is 0. The molecular formula is C8H10Cl4N4. The Balaban J connectivity index is 3.33. The smallest absolute Gasteiger partial charge is 0.226 e. The fraction of sp³-hybridized carbons (Fsp3) is 0.625. The molecule has 0 aliphatic carbocycles. The van der Waals surface area contributed by atoms with Crippen molar-refractivity contribution in [3.63, 3.8) is 0 Å². The third kappa shape index (κ3) is 3.48. The van der Waals surface area contributed by atoms with Crippen molar-refractivity contribution in [1.82, 2.24) is 15.0 Å². The largest absolute Gasteiger partial charge is 0.357 e. The van der Waals surface area contributed by atoms with E-state index in [1.54, 1.807) is 20.9 Å². The average molecular weight is 304 g/mol. The van der Waals surface area contributed by atoms with Crippen molar-refractivity contribution in [2.24, 2.45) is 0 Å². The van der Waals surface area contributed by atoms with E-state index < -0.39 is 8.67 Å². The van der Waals surface area contributed by atoms with Gasteiger partial charge in [-0.3, -0.25) is 0 Å². The molecule has 0 aliphatic heterocycles. The molecule has 1 aromatic heterocycles. The molecule has 0 amide bonds. The Hall–Kier alpha value is -0.0300. The van der Waals surface area contributed by atoms with Gasteiger partial charge >= 0.3 is 0 Å². The summed E-state index contributed by atoms with van der Waals surface area (Å²) in [5.74, 6) is 0.690. The molecule has 1 heterocycles. The first kappa shape index (κ1) is 14.0. The van der Waals surface area contributed by atoms with Gasteiger partial charge in [-0.1, -0.05) is 46.4 Å². The lowest BCUT2D eigenvalue weighted by Crippen LogP contribution is -2.19. The normalized spacial score (nSPS) is 12.7. The van der Waals surface area contributed by atoms with Gasteiger partial charge in [0, 0.05) is 7.05 Å². The van der Waals surface area contributed by atoms with E-state index in [2.05, 4.69) is 20.3 Å². The second-order valence-corrected chi connectivity index (χ2v) is 6.74. The van der Waals surface area contributed by atoms with Crippen LogP contribution in [0.15, 0.2) is 0 Å². The van der Waals surface area contributed by atoms with E-state index >= 15 is 0 Å². The van der Waals surface area contributed by atoms with Gasteiger partial charge in [0.05, 0.1) is 0 Å². The van der Waals surface area contributed by atoms with Crippen LogP contribution < -0.4 is 5.32 Å². The number of halogens is 4. The topological polar surface area (TPSA) is 50.7 Å². The predicted molar refractivity (Wildman–Crippen MR) is 67.5 cm³/mol. The molecule has 90 valence electrons. The molecule has 1 rings (SSSR count). The van der Waals surface area contributed by atoms with Crippen molar-refractivity contribution < 1.29 is 0 Å². The van der Waals surface area contributed by atoms with Crippen molar-refractivity contribution in [1.29, 1.82) is 0 Å². The highest BCUT2D eigenvalue weighted by Gasteiger charge is 2.30. The van der Waals surface area contributed by atoms with Crippen molar-refractivity contribution in [2.75, 3.05) is 12.4 Å². The zero-order valence-corrected chi connectivity index (χ0v) is 11.9. The van der Waals surface area contributed by atoms with E-state index in [4.69, 9.17) is 46.4 Å². The number of nitrogens with zero attached hydrogens (tertiary/aromatic N) is 3. The summed E-state index contributed by atoms with van der Waals surface area (Å²) in [5, 5.41) is 2.76. The lowest BCUT2D eigenvalue weighted by molar-refractivity contribution is 0.750. The van der Waals surface area contributed by atoms with Gasteiger partial charge in [0.2, 0.25) is 5.95 Å². The Bertz CT molecular complexity index is 350. The zero-order chi connectivity index (χ0) is 12.6. The Morgan fingerprint density at radius 3 is 1.50 bits per heavy atom. The molecule has 0 bridgehead atoms. The van der Waals surface area contributed by atoms with Gasteiger partial charge in [-0.2, -0.15) is 9.97 Å². The summed E-state index contributed by atoms with van der Waals surface area (Å²) in [4.78, 5) is 12.1. The minimum absolute atomic E-state index is 0.192. The van der Waals surface area contributed by atoms with Crippen LogP contribution in [0.2, 0.25) is 0 Å². The van der Waals surface area contributed by atoms with Gasteiger partial charge in [-0.05, 0) is 13.8 Å². The standard InChI is InChI=1S/C8H10Cl4N4/c1-7(9,10)4-14-5(8(2,11)12)16-6(13-3)15-4/h1-3H3,(H,13,14,15,16). The molecule has 16 heavy (non-hydrogen) atoms. The number of aromatic nitrogens is 3. The van der Waals surface area contributed by atoms with E-state index in [1.807, 2.05) is 0 Å². The summed E-state index contributed by atoms with van der Waals surface area (Å²) in [6.45, 7) is 3.10. The first-order valence-electron chi connectivity index (χ1n) is 4.35. The highest BCUT2D eigenvalue weighted by Crippen LogP contribution is 2.34. The molecule has 0 atom stereocenters. The van der Waals surface area contributed by atoms with Gasteiger partial charge < -0.3 is 5.32 Å². The monoisotopic (exact) mass is 302 g/mol. The van der Waals surface area contributed by atoms with Crippen molar-refractivity contribution in [3.8, 4) is 0 Å². The molecule has 0 aliphatic rings. The van der Waals surface area contributed by atoms with Gasteiger partial charge in [0.25, 0.3) is 0 Å². The van der Waals surface area contributed by atoms with Crippen LogP contribution >= 0.6 is 46.4 Å². The van der Waals surface area contributed by atoms with Crippen molar-refractivity contribution in [2.45, 2.75) is 22.5 Å². The Morgan fingerprint density at radius 2 is 1.25 bits per heavy atom. The molecule has 0 spiro atoms. The maximum absolute atomic E-state index is 5.91. The quantitative estimate of drug-likeness (QED) is 0.871. The van der Waals surface area contributed by atoms with Gasteiger partial charge in [0.1, 0.15) is 0 Å². The third-order valence-electron chi connectivity index (χ3n) is 1.64. The third-order valence-corrected chi connectivity index (χ3v) is 2.32. The van der Waals surface area contributed by atoms with E-state index in [-0.39, 0.29) is 11.6 Å². The first-order valence-corrected chi connectivity index (χ1v) is 5.86. The van der Waals surface area contributed by atoms with Gasteiger partial charge in [0.15, 0.2) is 20.3 Å². The molecule has 4 nitrogen and oxygen atoms in total. The van der Waals surface area contributed by atoms with Crippen LogP contribution in [0, 0.1) is 0 Å². The van der Waals surface area contributed by atoms with E-state index in [0.29, 0.717) is 5.95 Å². The number of anilines is 1. The van der Waals surface area contributed by atoms with E-state index in [9.17, 15) is 0 Å². The number of hydrogen-bond acceptors (Lipinski definition) is 4. The summed E-state index contributed by atoms with van der Waals surface area (Å²) >= 11 is 23.6. The molecule has 0 saturated heterocycles. The van der Waals surface area contributed by atoms with Crippen LogP contribution in [0.1, 0.15) is 25.5 Å². The van der Waals surface area contributed by atoms with E-state index in [1.165, 1.54) is 0 Å². The molecule has 0 unspecified atom stereocenters. The zero-order valence-electron chi connectivity index (χ0n) is 8.85. The van der Waals surface area contributed by atoms with Crippen molar-refractivity contribution >= 4 is 52.4 Å². The van der Waals surface area contributed by atoms with Crippen LogP contribution in [-0.4, -0.2) is 22.0 Å². The molecule has 1 N–H and O–H groups in total. The van der Waals surface area contributed by atoms with Gasteiger partial charge in [-0.25, -0.2) is 4.98 Å². The van der Waals surface area contributed by atoms with Crippen LogP contribution in [0.3, 0.4) is 0 Å². The number of hydrogen-bond donors (Lipinski definition) is 1. The molecule has 0 radical (unpaired) electrons. The van der Waals surface area contributed by atoms with E-state index in [0.717, 1.165) is 0 Å². The second kappa shape index (κ2) is 4.69. The summed E-state index contributed by atoms with van der Waals surface area (Å²) in [5.41, 5.74) is 0. The number of alkyl halides is 4. The number of nitrogens with one attached hydrogen (secondary N) is 1. The fourth-order valence-electron chi connectivity index (χ4n) is 0.880.